The van der Waals surface area contributed by atoms with Crippen molar-refractivity contribution >= 4 is 29.1 Å². The smallest absolute Gasteiger partial charge is 0.339 e. The Morgan fingerprint density at radius 2 is 1.65 bits per heavy atom. The third-order valence-electron chi connectivity index (χ3n) is 5.09. The number of halogens is 1. The zero-order valence-corrected chi connectivity index (χ0v) is 19.5. The molecule has 166 valence electrons. The lowest BCUT2D eigenvalue weighted by molar-refractivity contribution is -0.391. The zero-order chi connectivity index (χ0) is 21.5. The summed E-state index contributed by atoms with van der Waals surface area (Å²) in [5.74, 6) is 0.0563. The van der Waals surface area contributed by atoms with Crippen LogP contribution in [0.2, 0.25) is 0 Å². The van der Waals surface area contributed by atoms with Crippen LogP contribution in [0, 0.1) is 0 Å². The third-order valence-corrected chi connectivity index (χ3v) is 5.09. The number of piperidine rings is 1. The Hall–Kier alpha value is -2.71. The summed E-state index contributed by atoms with van der Waals surface area (Å²) >= 11 is 0. The van der Waals surface area contributed by atoms with Gasteiger partial charge in [-0.05, 0) is 50.5 Å². The molecule has 0 aliphatic carbocycles. The minimum Gasteiger partial charge on any atom is -1.00 e. The maximum Gasteiger partial charge on any atom is 0.339 e. The Labute approximate surface area is 193 Å². The van der Waals surface area contributed by atoms with Crippen molar-refractivity contribution in [2.24, 2.45) is 4.99 Å². The summed E-state index contributed by atoms with van der Waals surface area (Å²) in [6, 6.07) is 14.0. The number of anilines is 1. The van der Waals surface area contributed by atoms with E-state index in [0.29, 0.717) is 22.5 Å². The number of amidine groups is 1. The second-order valence-electron chi connectivity index (χ2n) is 7.43. The molecule has 8 heteroatoms. The number of benzene rings is 2. The molecule has 1 heterocycles. The lowest BCUT2D eigenvalue weighted by Gasteiger charge is -2.30. The SMILES string of the molecule is COC(=O)c1ccccc1NC(=O)c1ccccc1N=C([C@H](C)[NH3+])N1CCCCC1.[Br-]. The van der Waals surface area contributed by atoms with Crippen molar-refractivity contribution in [2.75, 3.05) is 25.5 Å². The van der Waals surface area contributed by atoms with E-state index in [1.165, 1.54) is 13.5 Å². The van der Waals surface area contributed by atoms with E-state index in [2.05, 4.69) is 16.0 Å². The fourth-order valence-corrected chi connectivity index (χ4v) is 3.57. The van der Waals surface area contributed by atoms with Gasteiger partial charge in [-0.25, -0.2) is 9.79 Å². The topological polar surface area (TPSA) is 98.6 Å². The molecule has 0 bridgehead atoms. The van der Waals surface area contributed by atoms with Crippen molar-refractivity contribution in [3.05, 3.63) is 59.7 Å². The number of esters is 1. The van der Waals surface area contributed by atoms with Crippen molar-refractivity contribution in [1.82, 2.24) is 4.90 Å². The molecule has 0 unspecified atom stereocenters. The van der Waals surface area contributed by atoms with Crippen LogP contribution < -0.4 is 28.0 Å². The van der Waals surface area contributed by atoms with Crippen molar-refractivity contribution in [2.45, 2.75) is 32.2 Å². The van der Waals surface area contributed by atoms with Crippen molar-refractivity contribution in [1.29, 1.82) is 0 Å². The van der Waals surface area contributed by atoms with Crippen LogP contribution in [0.5, 0.6) is 0 Å². The highest BCUT2D eigenvalue weighted by Crippen LogP contribution is 2.24. The van der Waals surface area contributed by atoms with E-state index >= 15 is 0 Å². The van der Waals surface area contributed by atoms with E-state index in [1.807, 2.05) is 19.1 Å². The van der Waals surface area contributed by atoms with Crippen LogP contribution >= 0.6 is 0 Å². The molecule has 0 radical (unpaired) electrons. The predicted octanol–water partition coefficient (Wildman–Crippen LogP) is -0.124. The van der Waals surface area contributed by atoms with Gasteiger partial charge in [0.25, 0.3) is 5.91 Å². The fourth-order valence-electron chi connectivity index (χ4n) is 3.57. The lowest BCUT2D eigenvalue weighted by atomic mass is 10.1. The quantitative estimate of drug-likeness (QED) is 0.348. The number of ether oxygens (including phenoxy) is 1. The Morgan fingerprint density at radius 1 is 1.03 bits per heavy atom. The molecule has 4 N–H and O–H groups in total. The van der Waals surface area contributed by atoms with Crippen LogP contribution in [-0.4, -0.2) is 48.9 Å². The van der Waals surface area contributed by atoms with Gasteiger partial charge in [0.05, 0.1) is 29.6 Å². The Balaban J connectivity index is 0.00000341. The predicted molar refractivity (Wildman–Crippen MR) is 117 cm³/mol. The monoisotopic (exact) mass is 488 g/mol. The highest BCUT2D eigenvalue weighted by Gasteiger charge is 2.22. The Bertz CT molecular complexity index is 940. The average Bonchev–Trinajstić information content (AvgIpc) is 2.78. The fraction of sp³-hybridized carbons (Fsp3) is 0.348. The number of para-hydroxylation sites is 2. The number of rotatable bonds is 5. The van der Waals surface area contributed by atoms with Gasteiger partial charge in [0.1, 0.15) is 6.04 Å². The van der Waals surface area contributed by atoms with Gasteiger partial charge in [0.2, 0.25) is 0 Å². The summed E-state index contributed by atoms with van der Waals surface area (Å²) in [4.78, 5) is 32.2. The maximum atomic E-state index is 13.1. The second-order valence-corrected chi connectivity index (χ2v) is 7.43. The first-order valence-corrected chi connectivity index (χ1v) is 10.3. The number of hydrogen-bond acceptors (Lipinski definition) is 4. The van der Waals surface area contributed by atoms with Crippen LogP contribution in [0.3, 0.4) is 0 Å². The number of hydrogen-bond donors (Lipinski definition) is 2. The Morgan fingerprint density at radius 3 is 2.29 bits per heavy atom. The molecular weight excluding hydrogens is 460 g/mol. The number of carbonyl (C=O) groups excluding carboxylic acids is 2. The van der Waals surface area contributed by atoms with Crippen LogP contribution in [0.1, 0.15) is 46.9 Å². The van der Waals surface area contributed by atoms with Gasteiger partial charge < -0.3 is 37.7 Å². The van der Waals surface area contributed by atoms with E-state index in [9.17, 15) is 9.59 Å². The molecular formula is C23H29BrN4O3. The number of nitrogens with one attached hydrogen (secondary N) is 1. The van der Waals surface area contributed by atoms with Crippen molar-refractivity contribution in [3.8, 4) is 0 Å². The van der Waals surface area contributed by atoms with Gasteiger partial charge in [-0.3, -0.25) is 4.79 Å². The van der Waals surface area contributed by atoms with Gasteiger partial charge in [0, 0.05) is 13.1 Å². The minimum atomic E-state index is -0.504. The summed E-state index contributed by atoms with van der Waals surface area (Å²) in [6.45, 7) is 3.93. The second kappa shape index (κ2) is 11.6. The van der Waals surface area contributed by atoms with Crippen molar-refractivity contribution in [3.63, 3.8) is 0 Å². The average molecular weight is 489 g/mol. The largest absolute Gasteiger partial charge is 1.00 e. The minimum absolute atomic E-state index is 0. The van der Waals surface area contributed by atoms with E-state index in [0.717, 1.165) is 31.8 Å². The summed E-state index contributed by atoms with van der Waals surface area (Å²) in [5.41, 5.74) is 5.89. The maximum absolute atomic E-state index is 13.1. The van der Waals surface area contributed by atoms with E-state index < -0.39 is 5.97 Å². The summed E-state index contributed by atoms with van der Waals surface area (Å²) < 4.78 is 4.81. The molecule has 7 nitrogen and oxygen atoms in total. The molecule has 3 rings (SSSR count). The van der Waals surface area contributed by atoms with Gasteiger partial charge in [-0.15, -0.1) is 0 Å². The number of aliphatic imine (C=N–C) groups is 1. The van der Waals surface area contributed by atoms with Gasteiger partial charge in [0.15, 0.2) is 5.84 Å². The number of methoxy groups -OCH3 is 1. The first-order chi connectivity index (χ1) is 14.5. The summed E-state index contributed by atoms with van der Waals surface area (Å²) in [5, 5.41) is 2.83. The first-order valence-electron chi connectivity index (χ1n) is 10.3. The van der Waals surface area contributed by atoms with Gasteiger partial charge >= 0.3 is 5.97 Å². The number of amides is 1. The van der Waals surface area contributed by atoms with E-state index in [-0.39, 0.29) is 28.9 Å². The molecule has 1 aliphatic rings. The van der Waals surface area contributed by atoms with Crippen molar-refractivity contribution < 1.29 is 37.0 Å². The summed E-state index contributed by atoms with van der Waals surface area (Å²) in [7, 11) is 1.31. The van der Waals surface area contributed by atoms with Crippen LogP contribution in [0.4, 0.5) is 11.4 Å². The standard InChI is InChI=1S/C23H28N4O3.BrH/c1-16(24)21(27-14-8-3-9-15-27)25-19-12-6-4-10-17(19)22(28)26-20-13-7-5-11-18(20)23(29)30-2;/h4-7,10-13,16H,3,8-9,14-15,24H2,1-2H3,(H,26,28);1H/t16-;/m0./s1. The van der Waals surface area contributed by atoms with E-state index in [4.69, 9.17) is 9.73 Å². The van der Waals surface area contributed by atoms with Gasteiger partial charge in [-0.1, -0.05) is 24.3 Å². The molecule has 1 amide bonds. The molecule has 0 spiro atoms. The molecule has 1 saturated heterocycles. The van der Waals surface area contributed by atoms with E-state index in [1.54, 1.807) is 36.4 Å². The molecule has 1 fully saturated rings. The third kappa shape index (κ3) is 6.15. The van der Waals surface area contributed by atoms with Crippen LogP contribution in [0.25, 0.3) is 0 Å². The number of likely N-dealkylation sites (tertiary alicyclic amines) is 1. The molecule has 31 heavy (non-hydrogen) atoms. The molecule has 2 aromatic rings. The first kappa shape index (κ1) is 24.6. The molecule has 0 saturated carbocycles. The molecule has 1 atom stereocenters. The van der Waals surface area contributed by atoms with Crippen LogP contribution in [-0.2, 0) is 4.74 Å². The highest BCUT2D eigenvalue weighted by atomic mass is 79.9. The zero-order valence-electron chi connectivity index (χ0n) is 17.9. The van der Waals surface area contributed by atoms with Crippen LogP contribution in [0.15, 0.2) is 53.5 Å². The normalized spacial score (nSPS) is 14.9. The number of quaternary nitrogens is 1. The number of carbonyl (C=O) groups is 2. The highest BCUT2D eigenvalue weighted by molar-refractivity contribution is 6.10. The lowest BCUT2D eigenvalue weighted by Crippen LogP contribution is -3.00. The van der Waals surface area contributed by atoms with Gasteiger partial charge in [-0.2, -0.15) is 0 Å². The Kier molecular flexibility index (Phi) is 9.21. The number of nitrogens with zero attached hydrogens (tertiary/aromatic N) is 2. The molecule has 1 aliphatic heterocycles. The molecule has 2 aromatic carbocycles. The molecule has 0 aromatic heterocycles. The summed E-state index contributed by atoms with van der Waals surface area (Å²) in [6.07, 6.45) is 3.50.